The van der Waals surface area contributed by atoms with E-state index in [2.05, 4.69) is 5.32 Å². The fourth-order valence-electron chi connectivity index (χ4n) is 1.84. The SMILES string of the molecule is COCCOCCCNC(=O)/C=C/c1cc(C)ccc1OC. The third-order valence-corrected chi connectivity index (χ3v) is 3.00. The van der Waals surface area contributed by atoms with E-state index >= 15 is 0 Å². The highest BCUT2D eigenvalue weighted by Gasteiger charge is 2.01. The maximum Gasteiger partial charge on any atom is 0.244 e. The maximum absolute atomic E-state index is 11.7. The summed E-state index contributed by atoms with van der Waals surface area (Å²) in [5, 5.41) is 2.82. The zero-order chi connectivity index (χ0) is 16.2. The van der Waals surface area contributed by atoms with E-state index in [0.29, 0.717) is 26.4 Å². The number of nitrogens with one attached hydrogen (secondary N) is 1. The second-order valence-electron chi connectivity index (χ2n) is 4.83. The van der Waals surface area contributed by atoms with E-state index in [4.69, 9.17) is 14.2 Å². The summed E-state index contributed by atoms with van der Waals surface area (Å²) in [5.74, 6) is 0.627. The summed E-state index contributed by atoms with van der Waals surface area (Å²) in [6.45, 7) is 4.37. The second-order valence-corrected chi connectivity index (χ2v) is 4.83. The molecule has 0 bridgehead atoms. The molecule has 0 saturated carbocycles. The minimum Gasteiger partial charge on any atom is -0.496 e. The molecule has 0 atom stereocenters. The van der Waals surface area contributed by atoms with Crippen LogP contribution in [0, 0.1) is 6.92 Å². The first-order chi connectivity index (χ1) is 10.7. The van der Waals surface area contributed by atoms with Crippen LogP contribution in [0.15, 0.2) is 24.3 Å². The van der Waals surface area contributed by atoms with E-state index in [1.54, 1.807) is 20.3 Å². The Labute approximate surface area is 132 Å². The molecule has 0 heterocycles. The largest absolute Gasteiger partial charge is 0.496 e. The fourth-order valence-corrected chi connectivity index (χ4v) is 1.84. The average molecular weight is 307 g/mol. The van der Waals surface area contributed by atoms with Crippen LogP contribution in [-0.2, 0) is 14.3 Å². The lowest BCUT2D eigenvalue weighted by Crippen LogP contribution is -2.23. The first-order valence-electron chi connectivity index (χ1n) is 7.34. The van der Waals surface area contributed by atoms with Gasteiger partial charge >= 0.3 is 0 Å². The van der Waals surface area contributed by atoms with Gasteiger partial charge in [0.1, 0.15) is 5.75 Å². The molecule has 22 heavy (non-hydrogen) atoms. The average Bonchev–Trinajstić information content (AvgIpc) is 2.52. The van der Waals surface area contributed by atoms with Crippen LogP contribution in [0.3, 0.4) is 0 Å². The Morgan fingerprint density at radius 2 is 2.05 bits per heavy atom. The van der Waals surface area contributed by atoms with Gasteiger partial charge in [-0.2, -0.15) is 0 Å². The van der Waals surface area contributed by atoms with Gasteiger partial charge in [0.05, 0.1) is 20.3 Å². The van der Waals surface area contributed by atoms with Gasteiger partial charge in [-0.25, -0.2) is 0 Å². The third kappa shape index (κ3) is 7.24. The van der Waals surface area contributed by atoms with Crippen LogP contribution in [0.5, 0.6) is 5.75 Å². The Morgan fingerprint density at radius 3 is 2.77 bits per heavy atom. The summed E-state index contributed by atoms with van der Waals surface area (Å²) in [4.78, 5) is 11.7. The number of methoxy groups -OCH3 is 2. The number of benzene rings is 1. The molecule has 0 fully saturated rings. The molecule has 1 N–H and O–H groups in total. The number of carbonyl (C=O) groups excluding carboxylic acids is 1. The summed E-state index contributed by atoms with van der Waals surface area (Å²) in [6, 6.07) is 5.84. The van der Waals surface area contributed by atoms with Gasteiger partial charge in [0.15, 0.2) is 0 Å². The highest BCUT2D eigenvalue weighted by molar-refractivity contribution is 5.92. The highest BCUT2D eigenvalue weighted by Crippen LogP contribution is 2.20. The molecule has 1 aromatic carbocycles. The topological polar surface area (TPSA) is 56.8 Å². The number of rotatable bonds is 10. The van der Waals surface area contributed by atoms with Gasteiger partial charge in [-0.3, -0.25) is 4.79 Å². The van der Waals surface area contributed by atoms with Crippen molar-refractivity contribution >= 4 is 12.0 Å². The van der Waals surface area contributed by atoms with Crippen LogP contribution in [-0.4, -0.2) is 46.5 Å². The van der Waals surface area contributed by atoms with Crippen LogP contribution < -0.4 is 10.1 Å². The van der Waals surface area contributed by atoms with Crippen LogP contribution >= 0.6 is 0 Å². The van der Waals surface area contributed by atoms with Crippen LogP contribution in [0.25, 0.3) is 6.08 Å². The van der Waals surface area contributed by atoms with E-state index in [0.717, 1.165) is 23.3 Å². The predicted molar refractivity (Wildman–Crippen MR) is 87.1 cm³/mol. The van der Waals surface area contributed by atoms with Gasteiger partial charge < -0.3 is 19.5 Å². The van der Waals surface area contributed by atoms with E-state index in [9.17, 15) is 4.79 Å². The summed E-state index contributed by atoms with van der Waals surface area (Å²) >= 11 is 0. The molecule has 1 amide bonds. The Morgan fingerprint density at radius 1 is 1.23 bits per heavy atom. The summed E-state index contributed by atoms with van der Waals surface area (Å²) in [7, 11) is 3.25. The van der Waals surface area contributed by atoms with Crippen molar-refractivity contribution in [1.29, 1.82) is 0 Å². The zero-order valence-corrected chi connectivity index (χ0v) is 13.6. The minimum absolute atomic E-state index is 0.125. The van der Waals surface area contributed by atoms with Gasteiger partial charge in [0.2, 0.25) is 5.91 Å². The molecule has 5 heteroatoms. The first kappa shape index (κ1) is 18.2. The minimum atomic E-state index is -0.125. The molecule has 0 aliphatic rings. The van der Waals surface area contributed by atoms with Crippen molar-refractivity contribution in [2.45, 2.75) is 13.3 Å². The van der Waals surface area contributed by atoms with Crippen LogP contribution in [0.4, 0.5) is 0 Å². The van der Waals surface area contributed by atoms with Crippen molar-refractivity contribution in [3.8, 4) is 5.75 Å². The first-order valence-corrected chi connectivity index (χ1v) is 7.34. The Balaban J connectivity index is 2.31. The number of amides is 1. The normalized spacial score (nSPS) is 10.9. The van der Waals surface area contributed by atoms with Gasteiger partial charge in [-0.15, -0.1) is 0 Å². The van der Waals surface area contributed by atoms with Crippen molar-refractivity contribution in [3.63, 3.8) is 0 Å². The molecule has 0 unspecified atom stereocenters. The van der Waals surface area contributed by atoms with E-state index < -0.39 is 0 Å². The maximum atomic E-state index is 11.7. The van der Waals surface area contributed by atoms with Gasteiger partial charge in [-0.1, -0.05) is 11.6 Å². The van der Waals surface area contributed by atoms with Crippen molar-refractivity contribution in [2.75, 3.05) is 40.6 Å². The van der Waals surface area contributed by atoms with Crippen molar-refractivity contribution in [3.05, 3.63) is 35.4 Å². The highest BCUT2D eigenvalue weighted by atomic mass is 16.5. The van der Waals surface area contributed by atoms with Crippen molar-refractivity contribution < 1.29 is 19.0 Å². The lowest BCUT2D eigenvalue weighted by Gasteiger charge is -2.06. The van der Waals surface area contributed by atoms with E-state index in [-0.39, 0.29) is 5.91 Å². The molecule has 0 radical (unpaired) electrons. The van der Waals surface area contributed by atoms with Gasteiger partial charge in [0, 0.05) is 31.9 Å². The number of ether oxygens (including phenoxy) is 3. The molecule has 1 aromatic rings. The molecular formula is C17H25NO4. The molecule has 0 aliphatic heterocycles. The molecule has 0 spiro atoms. The lowest BCUT2D eigenvalue weighted by molar-refractivity contribution is -0.116. The summed E-state index contributed by atoms with van der Waals surface area (Å²) in [5.41, 5.74) is 2.01. The molecule has 1 rings (SSSR count). The third-order valence-electron chi connectivity index (χ3n) is 3.00. The molecule has 122 valence electrons. The Hall–Kier alpha value is -1.85. The van der Waals surface area contributed by atoms with Crippen LogP contribution in [0.2, 0.25) is 0 Å². The Bertz CT molecular complexity index is 486. The molecule has 0 aliphatic carbocycles. The summed E-state index contributed by atoms with van der Waals surface area (Å²) in [6.07, 6.45) is 4.05. The smallest absolute Gasteiger partial charge is 0.244 e. The number of hydrogen-bond acceptors (Lipinski definition) is 4. The number of carbonyl (C=O) groups is 1. The second kappa shape index (κ2) is 10.8. The molecule has 0 saturated heterocycles. The van der Waals surface area contributed by atoms with E-state index in [1.165, 1.54) is 6.08 Å². The van der Waals surface area contributed by atoms with Crippen molar-refractivity contribution in [2.24, 2.45) is 0 Å². The van der Waals surface area contributed by atoms with Gasteiger partial charge in [-0.05, 0) is 31.6 Å². The quantitative estimate of drug-likeness (QED) is 0.532. The fraction of sp³-hybridized carbons (Fsp3) is 0.471. The zero-order valence-electron chi connectivity index (χ0n) is 13.6. The van der Waals surface area contributed by atoms with Crippen LogP contribution in [0.1, 0.15) is 17.5 Å². The monoisotopic (exact) mass is 307 g/mol. The molecule has 5 nitrogen and oxygen atoms in total. The standard InChI is InChI=1S/C17H25NO4/c1-14-5-7-16(21-3)15(13-14)6-8-17(19)18-9-4-10-22-12-11-20-2/h5-8,13H,4,9-12H2,1-3H3,(H,18,19)/b8-6+. The number of hydrogen-bond donors (Lipinski definition) is 1. The molecule has 0 aromatic heterocycles. The molecular weight excluding hydrogens is 282 g/mol. The predicted octanol–water partition coefficient (Wildman–Crippen LogP) is 2.19. The lowest BCUT2D eigenvalue weighted by atomic mass is 10.1. The van der Waals surface area contributed by atoms with Gasteiger partial charge in [0.25, 0.3) is 0 Å². The number of aryl methyl sites for hydroxylation is 1. The van der Waals surface area contributed by atoms with Crippen molar-refractivity contribution in [1.82, 2.24) is 5.32 Å². The Kier molecular flexibility index (Phi) is 8.95. The summed E-state index contributed by atoms with van der Waals surface area (Å²) < 4.78 is 15.5. The van der Waals surface area contributed by atoms with E-state index in [1.807, 2.05) is 25.1 Å².